The maximum absolute atomic E-state index is 6.14. The lowest BCUT2D eigenvalue weighted by atomic mass is 10.0. The van der Waals surface area contributed by atoms with Gasteiger partial charge in [-0.1, -0.05) is 42.0 Å². The normalized spacial score (nSPS) is 17.1. The van der Waals surface area contributed by atoms with Crippen molar-refractivity contribution in [3.8, 4) is 0 Å². The van der Waals surface area contributed by atoms with Crippen molar-refractivity contribution in [2.75, 3.05) is 49.6 Å². The highest BCUT2D eigenvalue weighted by Gasteiger charge is 2.17. The number of aromatic nitrogens is 1. The van der Waals surface area contributed by atoms with Crippen LogP contribution in [0.3, 0.4) is 0 Å². The molecule has 1 fully saturated rings. The van der Waals surface area contributed by atoms with Gasteiger partial charge in [-0.15, -0.1) is 0 Å². The van der Waals surface area contributed by atoms with Crippen LogP contribution in [0.25, 0.3) is 5.57 Å². The Kier molecular flexibility index (Phi) is 7.59. The molecule has 3 heterocycles. The monoisotopic (exact) mass is 482 g/mol. The lowest BCUT2D eigenvalue weighted by Crippen LogP contribution is -2.36. The number of rotatable bonds is 6. The van der Waals surface area contributed by atoms with Gasteiger partial charge in [-0.3, -0.25) is 4.90 Å². The second-order valence-corrected chi connectivity index (χ2v) is 9.35. The number of aryl methyl sites for hydroxylation is 1. The Morgan fingerprint density at radius 3 is 2.61 bits per heavy atom. The number of nitrogens with two attached hydrogens (primary N) is 1. The summed E-state index contributed by atoms with van der Waals surface area (Å²) in [5.74, 6) is 1.43. The van der Waals surface area contributed by atoms with Crippen LogP contribution in [0.4, 0.5) is 17.2 Å². The molecule has 0 atom stereocenters. The van der Waals surface area contributed by atoms with Crippen molar-refractivity contribution in [2.45, 2.75) is 19.9 Å². The number of hydrogen-bond acceptors (Lipinski definition) is 5. The van der Waals surface area contributed by atoms with E-state index in [4.69, 9.17) is 15.5 Å². The number of ether oxygens (including phenoxy) is 1. The summed E-state index contributed by atoms with van der Waals surface area (Å²) in [5, 5.41) is 3.22. The topological polar surface area (TPSA) is 79.0 Å². The Balaban J connectivity index is 1.19. The van der Waals surface area contributed by atoms with Gasteiger partial charge < -0.3 is 20.7 Å². The van der Waals surface area contributed by atoms with E-state index < -0.39 is 0 Å². The lowest BCUT2D eigenvalue weighted by Gasteiger charge is -2.29. The zero-order valence-electron chi connectivity index (χ0n) is 20.9. The summed E-state index contributed by atoms with van der Waals surface area (Å²) in [5.41, 5.74) is 12.8. The molecule has 186 valence electrons. The van der Waals surface area contributed by atoms with E-state index in [2.05, 4.69) is 69.5 Å². The van der Waals surface area contributed by atoms with Gasteiger partial charge in [0.05, 0.1) is 24.6 Å². The SMILES string of the molecule is Cc1ccc(N=C(N)Nc2cccc(CN3CC=C(c4cccc(N5CCOCC5)n4)CC3)c2)cc1. The number of morpholine rings is 1. The molecule has 1 saturated heterocycles. The first-order valence-electron chi connectivity index (χ1n) is 12.6. The zero-order valence-corrected chi connectivity index (χ0v) is 20.9. The van der Waals surface area contributed by atoms with E-state index >= 15 is 0 Å². The molecule has 0 bridgehead atoms. The van der Waals surface area contributed by atoms with E-state index in [1.54, 1.807) is 0 Å². The molecule has 36 heavy (non-hydrogen) atoms. The molecule has 2 aliphatic rings. The summed E-state index contributed by atoms with van der Waals surface area (Å²) in [6.45, 7) is 8.20. The van der Waals surface area contributed by atoms with Gasteiger partial charge in [0.1, 0.15) is 5.82 Å². The fourth-order valence-corrected chi connectivity index (χ4v) is 4.60. The highest BCUT2D eigenvalue weighted by molar-refractivity contribution is 5.94. The number of aliphatic imine (C=N–C) groups is 1. The van der Waals surface area contributed by atoms with Gasteiger partial charge in [0, 0.05) is 38.4 Å². The highest BCUT2D eigenvalue weighted by atomic mass is 16.5. The van der Waals surface area contributed by atoms with Crippen LogP contribution in [0.15, 0.2) is 77.8 Å². The highest BCUT2D eigenvalue weighted by Crippen LogP contribution is 2.25. The smallest absolute Gasteiger partial charge is 0.198 e. The van der Waals surface area contributed by atoms with E-state index in [-0.39, 0.29) is 0 Å². The van der Waals surface area contributed by atoms with Crippen molar-refractivity contribution >= 4 is 28.7 Å². The number of nitrogens with zero attached hydrogens (tertiary/aromatic N) is 4. The van der Waals surface area contributed by atoms with Crippen molar-refractivity contribution < 1.29 is 4.74 Å². The second kappa shape index (κ2) is 11.4. The summed E-state index contributed by atoms with van der Waals surface area (Å²) in [6.07, 6.45) is 3.32. The van der Waals surface area contributed by atoms with Gasteiger partial charge in [0.15, 0.2) is 5.96 Å². The molecule has 0 amide bonds. The van der Waals surface area contributed by atoms with Crippen LogP contribution in [0, 0.1) is 6.92 Å². The van der Waals surface area contributed by atoms with Crippen molar-refractivity contribution in [1.29, 1.82) is 0 Å². The predicted octanol–water partition coefficient (Wildman–Crippen LogP) is 4.57. The van der Waals surface area contributed by atoms with Crippen LogP contribution in [-0.2, 0) is 11.3 Å². The Labute approximate surface area is 213 Å². The third-order valence-corrected chi connectivity index (χ3v) is 6.58. The first-order chi connectivity index (χ1) is 17.6. The molecule has 0 unspecified atom stereocenters. The molecule has 0 radical (unpaired) electrons. The average Bonchev–Trinajstić information content (AvgIpc) is 2.91. The Morgan fingerprint density at radius 2 is 1.83 bits per heavy atom. The molecule has 7 nitrogen and oxygen atoms in total. The number of nitrogens with one attached hydrogen (secondary N) is 1. The molecule has 5 rings (SSSR count). The van der Waals surface area contributed by atoms with E-state index in [0.717, 1.165) is 75.2 Å². The summed E-state index contributed by atoms with van der Waals surface area (Å²) in [6, 6.07) is 22.7. The number of anilines is 2. The van der Waals surface area contributed by atoms with Gasteiger partial charge in [0.25, 0.3) is 0 Å². The fraction of sp³-hybridized carbons (Fsp3) is 0.310. The van der Waals surface area contributed by atoms with Crippen LogP contribution in [0.5, 0.6) is 0 Å². The standard InChI is InChI=1S/C29H34N6O/c1-22-8-10-25(11-9-22)31-29(30)32-26-5-2-4-23(20-26)21-34-14-12-24(13-15-34)27-6-3-7-28(33-27)35-16-18-36-19-17-35/h2-12,20H,13-19,21H2,1H3,(H3,30,31,32). The summed E-state index contributed by atoms with van der Waals surface area (Å²) >= 11 is 0. The molecule has 3 N–H and O–H groups in total. The molecule has 2 aromatic carbocycles. The van der Waals surface area contributed by atoms with Crippen LogP contribution >= 0.6 is 0 Å². The first-order valence-corrected chi connectivity index (χ1v) is 12.6. The van der Waals surface area contributed by atoms with Crippen LogP contribution < -0.4 is 16.0 Å². The molecule has 0 spiro atoms. The Bertz CT molecular complexity index is 1230. The Morgan fingerprint density at radius 1 is 1.03 bits per heavy atom. The van der Waals surface area contributed by atoms with Crippen molar-refractivity contribution in [1.82, 2.24) is 9.88 Å². The first kappa shape index (κ1) is 24.0. The van der Waals surface area contributed by atoms with Crippen molar-refractivity contribution in [3.63, 3.8) is 0 Å². The second-order valence-electron chi connectivity index (χ2n) is 9.35. The van der Waals surface area contributed by atoms with Gasteiger partial charge in [-0.05, 0) is 60.9 Å². The quantitative estimate of drug-likeness (QED) is 0.396. The number of hydrogen-bond donors (Lipinski definition) is 2. The van der Waals surface area contributed by atoms with Crippen LogP contribution in [0.1, 0.15) is 23.2 Å². The molecule has 1 aromatic heterocycles. The summed E-state index contributed by atoms with van der Waals surface area (Å²) in [4.78, 5) is 14.2. The maximum atomic E-state index is 6.14. The molecular formula is C29H34N6O. The molecule has 0 saturated carbocycles. The van der Waals surface area contributed by atoms with Crippen molar-refractivity contribution in [3.05, 3.63) is 89.6 Å². The molecule has 2 aliphatic heterocycles. The van der Waals surface area contributed by atoms with Crippen LogP contribution in [-0.4, -0.2) is 55.2 Å². The number of pyridine rings is 1. The predicted molar refractivity (Wildman–Crippen MR) is 148 cm³/mol. The summed E-state index contributed by atoms with van der Waals surface area (Å²) < 4.78 is 5.48. The average molecular weight is 483 g/mol. The van der Waals surface area contributed by atoms with Gasteiger partial charge in [-0.25, -0.2) is 9.98 Å². The minimum absolute atomic E-state index is 0.383. The van der Waals surface area contributed by atoms with Crippen LogP contribution in [0.2, 0.25) is 0 Å². The molecule has 3 aromatic rings. The molecule has 7 heteroatoms. The minimum atomic E-state index is 0.383. The lowest BCUT2D eigenvalue weighted by molar-refractivity contribution is 0.122. The van der Waals surface area contributed by atoms with E-state index in [9.17, 15) is 0 Å². The van der Waals surface area contributed by atoms with Gasteiger partial charge in [-0.2, -0.15) is 0 Å². The zero-order chi connectivity index (χ0) is 24.7. The van der Waals surface area contributed by atoms with Gasteiger partial charge in [0.2, 0.25) is 0 Å². The largest absolute Gasteiger partial charge is 0.378 e. The number of benzene rings is 2. The van der Waals surface area contributed by atoms with E-state index in [1.165, 1.54) is 16.7 Å². The summed E-state index contributed by atoms with van der Waals surface area (Å²) in [7, 11) is 0. The third kappa shape index (κ3) is 6.30. The van der Waals surface area contributed by atoms with E-state index in [0.29, 0.717) is 5.96 Å². The Hall–Kier alpha value is -3.68. The molecule has 0 aliphatic carbocycles. The molecular weight excluding hydrogens is 448 g/mol. The van der Waals surface area contributed by atoms with Crippen molar-refractivity contribution in [2.24, 2.45) is 10.7 Å². The van der Waals surface area contributed by atoms with Gasteiger partial charge >= 0.3 is 0 Å². The maximum Gasteiger partial charge on any atom is 0.198 e. The third-order valence-electron chi connectivity index (χ3n) is 6.58. The fourth-order valence-electron chi connectivity index (χ4n) is 4.60. The number of guanidine groups is 1. The minimum Gasteiger partial charge on any atom is -0.378 e. The van der Waals surface area contributed by atoms with E-state index in [1.807, 2.05) is 30.3 Å².